The molecule has 0 saturated heterocycles. The van der Waals surface area contributed by atoms with Gasteiger partial charge in [-0.15, -0.1) is 0 Å². The molecule has 1 aromatic rings. The van der Waals surface area contributed by atoms with Crippen LogP contribution in [0.25, 0.3) is 0 Å². The molecule has 1 amide bonds. The predicted octanol–water partition coefficient (Wildman–Crippen LogP) is 3.13. The number of anilines is 1. The van der Waals surface area contributed by atoms with Crippen molar-refractivity contribution in [2.75, 3.05) is 11.4 Å². The van der Waals surface area contributed by atoms with Crippen LogP contribution in [-0.4, -0.2) is 29.3 Å². The normalized spacial score (nSPS) is 27.5. The number of rotatable bonds is 2. The number of para-hydroxylation sites is 1. The summed E-state index contributed by atoms with van der Waals surface area (Å²) in [7, 11) is 0. The van der Waals surface area contributed by atoms with Gasteiger partial charge in [0.15, 0.2) is 5.78 Å². The maximum absolute atomic E-state index is 13.1. The lowest BCUT2D eigenvalue weighted by Crippen LogP contribution is -2.41. The number of carbonyl (C=O) groups excluding carboxylic acids is 2. The highest BCUT2D eigenvalue weighted by Crippen LogP contribution is 2.37. The summed E-state index contributed by atoms with van der Waals surface area (Å²) in [6.45, 7) is 1.72. The molecule has 1 N–H and O–H groups in total. The summed E-state index contributed by atoms with van der Waals surface area (Å²) in [6.07, 6.45) is 3.79. The highest BCUT2D eigenvalue weighted by molar-refractivity contribution is 6.07. The lowest BCUT2D eigenvalue weighted by Gasteiger charge is -2.28. The topological polar surface area (TPSA) is 74.7 Å². The molecule has 0 aromatic heterocycles. The first-order valence-corrected chi connectivity index (χ1v) is 8.61. The number of aliphatic carboxylic acids is 1. The van der Waals surface area contributed by atoms with Gasteiger partial charge in [0, 0.05) is 17.9 Å². The maximum Gasteiger partial charge on any atom is 0.323 e. The molecule has 0 spiro atoms. The number of hydrogen-bond donors (Lipinski definition) is 1. The fourth-order valence-electron chi connectivity index (χ4n) is 4.19. The van der Waals surface area contributed by atoms with E-state index in [1.54, 1.807) is 24.3 Å². The van der Waals surface area contributed by atoms with Gasteiger partial charge in [-0.3, -0.25) is 14.4 Å². The van der Waals surface area contributed by atoms with Crippen LogP contribution in [0.3, 0.4) is 0 Å². The van der Waals surface area contributed by atoms with Crippen molar-refractivity contribution in [2.45, 2.75) is 39.0 Å². The second-order valence-electron chi connectivity index (χ2n) is 7.18. The lowest BCUT2D eigenvalue weighted by atomic mass is 9.88. The molecule has 1 aliphatic heterocycles. The molecule has 3 rings (SSSR count). The van der Waals surface area contributed by atoms with Crippen LogP contribution in [0.4, 0.5) is 5.69 Å². The molecular weight excluding hydrogens is 306 g/mol. The Morgan fingerprint density at radius 3 is 2.71 bits per heavy atom. The van der Waals surface area contributed by atoms with Crippen LogP contribution in [-0.2, 0) is 9.59 Å². The van der Waals surface area contributed by atoms with Crippen molar-refractivity contribution in [3.05, 3.63) is 29.8 Å². The molecule has 0 radical (unpaired) electrons. The Hall–Kier alpha value is -2.17. The zero-order chi connectivity index (χ0) is 17.3. The smallest absolute Gasteiger partial charge is 0.323 e. The van der Waals surface area contributed by atoms with Gasteiger partial charge in [0.05, 0.1) is 5.69 Å². The molecule has 2 aliphatic rings. The van der Waals surface area contributed by atoms with Crippen molar-refractivity contribution in [2.24, 2.45) is 17.8 Å². The number of amides is 1. The zero-order valence-corrected chi connectivity index (χ0v) is 13.9. The Morgan fingerprint density at radius 2 is 1.96 bits per heavy atom. The van der Waals surface area contributed by atoms with Gasteiger partial charge in [-0.2, -0.15) is 0 Å². The van der Waals surface area contributed by atoms with Crippen LogP contribution in [0, 0.1) is 17.8 Å². The minimum Gasteiger partial charge on any atom is -0.480 e. The Labute approximate surface area is 141 Å². The van der Waals surface area contributed by atoms with E-state index in [0.29, 0.717) is 29.5 Å². The molecule has 3 unspecified atom stereocenters. The molecular formula is C19H23NO4. The summed E-state index contributed by atoms with van der Waals surface area (Å²) in [4.78, 5) is 38.5. The van der Waals surface area contributed by atoms with Gasteiger partial charge in [-0.25, -0.2) is 0 Å². The van der Waals surface area contributed by atoms with Gasteiger partial charge in [-0.1, -0.05) is 19.1 Å². The van der Waals surface area contributed by atoms with Crippen molar-refractivity contribution in [3.8, 4) is 0 Å². The molecule has 128 valence electrons. The Balaban J connectivity index is 2.10. The highest BCUT2D eigenvalue weighted by Gasteiger charge is 2.35. The second-order valence-corrected chi connectivity index (χ2v) is 7.18. The minimum atomic E-state index is -1.07. The van der Waals surface area contributed by atoms with Gasteiger partial charge in [0.2, 0.25) is 5.91 Å². The van der Waals surface area contributed by atoms with Crippen molar-refractivity contribution in [1.29, 1.82) is 0 Å². The molecule has 1 aromatic carbocycles. The number of Topliss-reactive ketones (excluding diaryl/α,β-unsaturated/α-hetero) is 1. The van der Waals surface area contributed by atoms with E-state index in [1.165, 1.54) is 4.90 Å². The first-order chi connectivity index (χ1) is 11.5. The van der Waals surface area contributed by atoms with E-state index < -0.39 is 12.5 Å². The molecule has 1 heterocycles. The molecule has 2 bridgehead atoms. The summed E-state index contributed by atoms with van der Waals surface area (Å²) < 4.78 is 0. The number of nitrogens with zero attached hydrogens (tertiary/aromatic N) is 1. The van der Waals surface area contributed by atoms with Gasteiger partial charge in [0.25, 0.3) is 0 Å². The summed E-state index contributed by atoms with van der Waals surface area (Å²) in [5.74, 6) is -0.706. The molecule has 3 atom stereocenters. The fraction of sp³-hybridized carbons (Fsp3) is 0.526. The van der Waals surface area contributed by atoms with Crippen LogP contribution < -0.4 is 4.90 Å². The summed E-state index contributed by atoms with van der Waals surface area (Å²) in [5.41, 5.74) is 0.905. The third-order valence-electron chi connectivity index (χ3n) is 5.22. The van der Waals surface area contributed by atoms with Crippen molar-refractivity contribution in [1.82, 2.24) is 0 Å². The summed E-state index contributed by atoms with van der Waals surface area (Å²) in [6, 6.07) is 6.90. The number of carboxylic acids is 1. The zero-order valence-electron chi connectivity index (χ0n) is 13.9. The third-order valence-corrected chi connectivity index (χ3v) is 5.22. The van der Waals surface area contributed by atoms with Gasteiger partial charge in [0.1, 0.15) is 6.54 Å². The molecule has 5 nitrogen and oxygen atoms in total. The predicted molar refractivity (Wildman–Crippen MR) is 90.0 cm³/mol. The Bertz CT molecular complexity index is 669. The lowest BCUT2D eigenvalue weighted by molar-refractivity contribution is -0.137. The van der Waals surface area contributed by atoms with E-state index in [2.05, 4.69) is 6.92 Å². The fourth-order valence-corrected chi connectivity index (χ4v) is 4.19. The third kappa shape index (κ3) is 3.35. The number of benzene rings is 1. The second kappa shape index (κ2) is 6.75. The maximum atomic E-state index is 13.1. The summed E-state index contributed by atoms with van der Waals surface area (Å²) >= 11 is 0. The summed E-state index contributed by atoms with van der Waals surface area (Å²) in [5, 5.41) is 9.26. The van der Waals surface area contributed by atoms with Crippen LogP contribution in [0.5, 0.6) is 0 Å². The van der Waals surface area contributed by atoms with E-state index in [0.717, 1.165) is 25.7 Å². The van der Waals surface area contributed by atoms with Crippen LogP contribution in [0.2, 0.25) is 0 Å². The molecule has 5 heteroatoms. The number of fused-ring (bicyclic) bond motifs is 4. The molecule has 24 heavy (non-hydrogen) atoms. The molecule has 1 aliphatic carbocycles. The quantitative estimate of drug-likeness (QED) is 0.904. The number of hydrogen-bond acceptors (Lipinski definition) is 3. The number of carboxylic acid groups (broad SMARTS) is 1. The standard InChI is InChI=1S/C19H23NO4/c1-12-8-13-6-7-14(9-12)19(24)20(11-18(22)23)16-5-3-2-4-15(16)17(21)10-13/h2-5,12-14H,6-11H2,1H3,(H,22,23). The SMILES string of the molecule is CC1CC2CCC(C1)C(=O)N(CC(=O)O)c1ccccc1C(=O)C2. The Kier molecular flexibility index (Phi) is 4.69. The van der Waals surface area contributed by atoms with Gasteiger partial charge in [-0.05, 0) is 49.7 Å². The number of ketones is 1. The average molecular weight is 329 g/mol. The first kappa shape index (κ1) is 16.7. The monoisotopic (exact) mass is 329 g/mol. The van der Waals surface area contributed by atoms with Gasteiger partial charge >= 0.3 is 5.97 Å². The van der Waals surface area contributed by atoms with Crippen LogP contribution >= 0.6 is 0 Å². The van der Waals surface area contributed by atoms with Gasteiger partial charge < -0.3 is 10.0 Å². The highest BCUT2D eigenvalue weighted by atomic mass is 16.4. The van der Waals surface area contributed by atoms with E-state index in [1.807, 2.05) is 0 Å². The van der Waals surface area contributed by atoms with Crippen molar-refractivity contribution >= 4 is 23.3 Å². The average Bonchev–Trinajstić information content (AvgIpc) is 2.73. The van der Waals surface area contributed by atoms with Crippen LogP contribution in [0.15, 0.2) is 24.3 Å². The number of carbonyl (C=O) groups is 3. The Morgan fingerprint density at radius 1 is 1.21 bits per heavy atom. The largest absolute Gasteiger partial charge is 0.480 e. The van der Waals surface area contributed by atoms with Crippen molar-refractivity contribution in [3.63, 3.8) is 0 Å². The van der Waals surface area contributed by atoms with E-state index in [-0.39, 0.29) is 17.6 Å². The van der Waals surface area contributed by atoms with E-state index in [9.17, 15) is 19.5 Å². The van der Waals surface area contributed by atoms with Crippen LogP contribution in [0.1, 0.15) is 49.4 Å². The first-order valence-electron chi connectivity index (χ1n) is 8.61. The van der Waals surface area contributed by atoms with E-state index in [4.69, 9.17) is 0 Å². The van der Waals surface area contributed by atoms with E-state index >= 15 is 0 Å². The molecule has 1 saturated carbocycles. The molecule has 1 fully saturated rings. The minimum absolute atomic E-state index is 0.00587. The van der Waals surface area contributed by atoms with Crippen molar-refractivity contribution < 1.29 is 19.5 Å².